The highest BCUT2D eigenvalue weighted by Crippen LogP contribution is 2.11. The van der Waals surface area contributed by atoms with Crippen molar-refractivity contribution in [2.24, 2.45) is 5.11 Å². The first kappa shape index (κ1) is 21.8. The Morgan fingerprint density at radius 3 is 2.23 bits per heavy atom. The highest BCUT2D eigenvalue weighted by Gasteiger charge is 2.32. The average molecular weight is 373 g/mol. The number of amides is 2. The summed E-state index contributed by atoms with van der Waals surface area (Å²) in [6.07, 6.45) is 0.134. The summed E-state index contributed by atoms with van der Waals surface area (Å²) in [5.74, 6) is -1.72. The van der Waals surface area contributed by atoms with Crippen LogP contribution in [0.25, 0.3) is 10.4 Å². The van der Waals surface area contributed by atoms with E-state index in [1.165, 1.54) is 0 Å². The summed E-state index contributed by atoms with van der Waals surface area (Å²) >= 11 is 0. The topological polar surface area (TPSA) is 152 Å². The van der Waals surface area contributed by atoms with Gasteiger partial charge in [-0.1, -0.05) is 5.11 Å². The molecule has 0 aromatic rings. The van der Waals surface area contributed by atoms with E-state index in [1.807, 2.05) is 0 Å². The van der Waals surface area contributed by atoms with Gasteiger partial charge in [0, 0.05) is 30.8 Å². The van der Waals surface area contributed by atoms with E-state index in [2.05, 4.69) is 20.2 Å². The Bertz CT molecular complexity index is 494. The number of carbonyl (C=O) groups excluding carboxylic acids is 3. The molecule has 1 aliphatic heterocycles. The molecule has 0 radical (unpaired) electrons. The van der Waals surface area contributed by atoms with Gasteiger partial charge in [0.1, 0.15) is 0 Å². The van der Waals surface area contributed by atoms with E-state index in [0.29, 0.717) is 57.8 Å². The van der Waals surface area contributed by atoms with E-state index in [4.69, 9.17) is 19.7 Å². The van der Waals surface area contributed by atoms with E-state index in [1.54, 1.807) is 0 Å². The molecule has 1 saturated heterocycles. The lowest BCUT2D eigenvalue weighted by molar-refractivity contribution is -0.196. The van der Waals surface area contributed by atoms with Gasteiger partial charge < -0.3 is 24.4 Å². The molecule has 12 nitrogen and oxygen atoms in total. The Balaban J connectivity index is 1.84. The van der Waals surface area contributed by atoms with Gasteiger partial charge in [0.15, 0.2) is 0 Å². The van der Waals surface area contributed by atoms with Gasteiger partial charge in [0.25, 0.3) is 11.8 Å². The normalized spacial score (nSPS) is 13.8. The van der Waals surface area contributed by atoms with Crippen molar-refractivity contribution >= 4 is 17.8 Å². The fourth-order valence-electron chi connectivity index (χ4n) is 1.82. The molecule has 1 N–H and O–H groups in total. The van der Waals surface area contributed by atoms with Gasteiger partial charge in [0.2, 0.25) is 0 Å². The minimum atomic E-state index is -0.711. The first-order valence-corrected chi connectivity index (χ1v) is 8.16. The highest BCUT2D eigenvalue weighted by molar-refractivity contribution is 6.01. The molecule has 1 heterocycles. The molecule has 1 rings (SSSR count). The first-order chi connectivity index (χ1) is 12.6. The zero-order valence-corrected chi connectivity index (χ0v) is 14.4. The number of hydroxylamine groups is 2. The minimum absolute atomic E-state index is 0.0668. The van der Waals surface area contributed by atoms with Crippen molar-refractivity contribution in [3.63, 3.8) is 0 Å². The van der Waals surface area contributed by atoms with Crippen LogP contribution in [0.1, 0.15) is 12.8 Å². The third kappa shape index (κ3) is 9.91. The highest BCUT2D eigenvalue weighted by atomic mass is 16.7. The van der Waals surface area contributed by atoms with Crippen LogP contribution in [0.5, 0.6) is 0 Å². The Hall–Kier alpha value is -2.24. The van der Waals surface area contributed by atoms with Crippen LogP contribution in [-0.4, -0.2) is 82.1 Å². The second kappa shape index (κ2) is 14.0. The van der Waals surface area contributed by atoms with Crippen LogP contribution in [0.2, 0.25) is 0 Å². The first-order valence-electron chi connectivity index (χ1n) is 8.16. The zero-order chi connectivity index (χ0) is 19.0. The van der Waals surface area contributed by atoms with E-state index >= 15 is 0 Å². The van der Waals surface area contributed by atoms with Crippen molar-refractivity contribution in [1.82, 2.24) is 10.4 Å². The van der Waals surface area contributed by atoms with Crippen molar-refractivity contribution in [3.8, 4) is 0 Å². The number of rotatable bonds is 15. The Morgan fingerprint density at radius 2 is 1.62 bits per heavy atom. The van der Waals surface area contributed by atoms with Crippen LogP contribution < -0.4 is 5.32 Å². The number of nitrogens with zero attached hydrogens (tertiary/aromatic N) is 4. The van der Waals surface area contributed by atoms with E-state index in [0.717, 1.165) is 0 Å². The largest absolute Gasteiger partial charge is 0.379 e. The second-order valence-corrected chi connectivity index (χ2v) is 5.01. The van der Waals surface area contributed by atoms with E-state index in [9.17, 15) is 14.4 Å². The lowest BCUT2D eigenvalue weighted by Gasteiger charge is -2.12. The van der Waals surface area contributed by atoms with Crippen LogP contribution in [0, 0.1) is 0 Å². The van der Waals surface area contributed by atoms with Crippen LogP contribution in [0.15, 0.2) is 5.11 Å². The molecule has 0 unspecified atom stereocenters. The third-order valence-electron chi connectivity index (χ3n) is 3.03. The quantitative estimate of drug-likeness (QED) is 0.133. The monoisotopic (exact) mass is 373 g/mol. The molecule has 146 valence electrons. The van der Waals surface area contributed by atoms with Crippen molar-refractivity contribution in [3.05, 3.63) is 10.4 Å². The van der Waals surface area contributed by atoms with E-state index < -0.39 is 17.8 Å². The number of azide groups is 1. The molecular weight excluding hydrogens is 350 g/mol. The van der Waals surface area contributed by atoms with Gasteiger partial charge in [-0.15, -0.1) is 5.06 Å². The molecule has 0 atom stereocenters. The summed E-state index contributed by atoms with van der Waals surface area (Å²) in [6.45, 7) is 2.90. The smallest absolute Gasteiger partial charge is 0.346 e. The fraction of sp³-hybridized carbons (Fsp3) is 0.786. The maximum Gasteiger partial charge on any atom is 0.346 e. The standard InChI is InChI=1S/C14H23N5O7/c15-18-17-4-6-24-8-10-25-9-7-23-5-3-16-11-14(22)26-19-12(20)1-2-13(19)21/h16H,1-11H2. The number of hydrogen-bond donors (Lipinski definition) is 1. The van der Waals surface area contributed by atoms with Gasteiger partial charge in [-0.2, -0.15) is 0 Å². The molecule has 26 heavy (non-hydrogen) atoms. The number of carbonyl (C=O) groups is 3. The average Bonchev–Trinajstić information content (AvgIpc) is 2.94. The summed E-state index contributed by atoms with van der Waals surface area (Å²) < 4.78 is 15.7. The van der Waals surface area contributed by atoms with Gasteiger partial charge in [-0.25, -0.2) is 4.79 Å². The Labute approximate surface area is 150 Å². The van der Waals surface area contributed by atoms with Crippen LogP contribution in [0.3, 0.4) is 0 Å². The Kier molecular flexibility index (Phi) is 11.7. The van der Waals surface area contributed by atoms with Crippen molar-refractivity contribution < 1.29 is 33.4 Å². The molecule has 12 heteroatoms. The molecule has 0 aromatic carbocycles. The van der Waals surface area contributed by atoms with Crippen LogP contribution in [-0.2, 0) is 33.4 Å². The minimum Gasteiger partial charge on any atom is -0.379 e. The Morgan fingerprint density at radius 1 is 1.04 bits per heavy atom. The number of hydrogen-bond acceptors (Lipinski definition) is 9. The maximum atomic E-state index is 11.5. The molecule has 1 fully saturated rings. The molecular formula is C14H23N5O7. The summed E-state index contributed by atoms with van der Waals surface area (Å²) in [5, 5.41) is 6.62. The van der Waals surface area contributed by atoms with Gasteiger partial charge in [0.05, 0.1) is 46.2 Å². The van der Waals surface area contributed by atoms with Gasteiger partial charge in [-0.05, 0) is 5.53 Å². The molecule has 0 aliphatic carbocycles. The zero-order valence-electron chi connectivity index (χ0n) is 14.4. The van der Waals surface area contributed by atoms with Gasteiger partial charge in [-0.3, -0.25) is 9.59 Å². The summed E-state index contributed by atoms with van der Waals surface area (Å²) in [7, 11) is 0. The fourth-order valence-corrected chi connectivity index (χ4v) is 1.82. The molecule has 0 saturated carbocycles. The van der Waals surface area contributed by atoms with Crippen molar-refractivity contribution in [1.29, 1.82) is 0 Å². The second-order valence-electron chi connectivity index (χ2n) is 5.01. The summed E-state index contributed by atoms with van der Waals surface area (Å²) in [6, 6.07) is 0. The van der Waals surface area contributed by atoms with Crippen molar-refractivity contribution in [2.45, 2.75) is 12.8 Å². The predicted molar refractivity (Wildman–Crippen MR) is 86.5 cm³/mol. The lowest BCUT2D eigenvalue weighted by atomic mass is 10.4. The van der Waals surface area contributed by atoms with Crippen LogP contribution >= 0.6 is 0 Å². The predicted octanol–water partition coefficient (Wildman–Crippen LogP) is -0.457. The van der Waals surface area contributed by atoms with Crippen molar-refractivity contribution in [2.75, 3.05) is 59.3 Å². The SMILES string of the molecule is [N-]=[N+]=NCCOCCOCCOCCNCC(=O)ON1C(=O)CCC1=O. The molecule has 0 spiro atoms. The number of nitrogens with one attached hydrogen (secondary N) is 1. The molecule has 0 bridgehead atoms. The summed E-state index contributed by atoms with van der Waals surface area (Å²) in [5.41, 5.74) is 8.06. The van der Waals surface area contributed by atoms with Crippen LogP contribution in [0.4, 0.5) is 0 Å². The maximum absolute atomic E-state index is 11.5. The lowest BCUT2D eigenvalue weighted by Crippen LogP contribution is -2.36. The molecule has 1 aliphatic rings. The molecule has 2 amide bonds. The van der Waals surface area contributed by atoms with E-state index in [-0.39, 0.29) is 19.4 Å². The summed E-state index contributed by atoms with van der Waals surface area (Å²) in [4.78, 5) is 41.3. The molecule has 0 aromatic heterocycles. The number of imide groups is 1. The van der Waals surface area contributed by atoms with Gasteiger partial charge >= 0.3 is 5.97 Å². The third-order valence-corrected chi connectivity index (χ3v) is 3.03. The number of ether oxygens (including phenoxy) is 3.